The van der Waals surface area contributed by atoms with Gasteiger partial charge in [-0.05, 0) is 29.7 Å². The molecule has 4 aromatic rings. The van der Waals surface area contributed by atoms with Gasteiger partial charge < -0.3 is 4.74 Å². The van der Waals surface area contributed by atoms with E-state index in [1.807, 2.05) is 12.1 Å². The first kappa shape index (κ1) is 18.2. The van der Waals surface area contributed by atoms with Crippen LogP contribution in [0.1, 0.15) is 10.4 Å². The molecule has 7 heteroatoms. The van der Waals surface area contributed by atoms with E-state index in [0.29, 0.717) is 26.2 Å². The van der Waals surface area contributed by atoms with Gasteiger partial charge in [0.25, 0.3) is 5.69 Å². The highest BCUT2D eigenvalue weighted by Gasteiger charge is 2.19. The molecule has 5 nitrogen and oxygen atoms in total. The first-order chi connectivity index (χ1) is 13.5. The Labute approximate surface area is 169 Å². The van der Waals surface area contributed by atoms with E-state index >= 15 is 0 Å². The van der Waals surface area contributed by atoms with Crippen molar-refractivity contribution in [2.45, 2.75) is 0 Å². The van der Waals surface area contributed by atoms with Gasteiger partial charge >= 0.3 is 5.97 Å². The fraction of sp³-hybridized carbons (Fsp3) is 0. The van der Waals surface area contributed by atoms with Gasteiger partial charge in [0.2, 0.25) is 0 Å². The molecule has 138 valence electrons. The number of hydrogen-bond donors (Lipinski definition) is 0. The fourth-order valence-electron chi connectivity index (χ4n) is 3.08. The summed E-state index contributed by atoms with van der Waals surface area (Å²) < 4.78 is 5.69. The number of non-ortho nitro benzene ring substituents is 1. The maximum atomic E-state index is 12.8. The van der Waals surface area contributed by atoms with E-state index < -0.39 is 10.9 Å². The number of carbonyl (C=O) groups excluding carboxylic acids is 1. The zero-order valence-corrected chi connectivity index (χ0v) is 15.7. The van der Waals surface area contributed by atoms with E-state index in [-0.39, 0.29) is 17.0 Å². The topological polar surface area (TPSA) is 69.4 Å². The van der Waals surface area contributed by atoms with Gasteiger partial charge in [0.1, 0.15) is 5.75 Å². The molecule has 0 aromatic heterocycles. The van der Waals surface area contributed by atoms with Crippen LogP contribution >= 0.6 is 23.2 Å². The van der Waals surface area contributed by atoms with Crippen LogP contribution in [0.3, 0.4) is 0 Å². The number of halogens is 2. The molecule has 0 radical (unpaired) electrons. The lowest BCUT2D eigenvalue weighted by Gasteiger charge is -2.13. The smallest absolute Gasteiger partial charge is 0.343 e. The number of nitrogens with zero attached hydrogens (tertiary/aromatic N) is 1. The fourth-order valence-corrected chi connectivity index (χ4v) is 3.57. The number of rotatable bonds is 3. The number of benzene rings is 4. The van der Waals surface area contributed by atoms with Gasteiger partial charge in [0.15, 0.2) is 0 Å². The third-order valence-electron chi connectivity index (χ3n) is 4.36. The summed E-state index contributed by atoms with van der Waals surface area (Å²) in [4.78, 5) is 23.2. The summed E-state index contributed by atoms with van der Waals surface area (Å²) in [6, 6.07) is 17.8. The Bertz CT molecular complexity index is 1270. The highest BCUT2D eigenvalue weighted by atomic mass is 35.5. The van der Waals surface area contributed by atoms with E-state index in [1.165, 1.54) is 24.3 Å². The molecule has 0 amide bonds. The molecule has 0 atom stereocenters. The number of carbonyl (C=O) groups is 1. The second-order valence-electron chi connectivity index (χ2n) is 6.08. The van der Waals surface area contributed by atoms with Gasteiger partial charge in [-0.25, -0.2) is 4.79 Å². The Morgan fingerprint density at radius 1 is 0.893 bits per heavy atom. The van der Waals surface area contributed by atoms with Crippen LogP contribution in [0.2, 0.25) is 10.0 Å². The normalized spacial score (nSPS) is 10.9. The summed E-state index contributed by atoms with van der Waals surface area (Å²) in [5, 5.41) is 14.6. The highest BCUT2D eigenvalue weighted by molar-refractivity contribution is 6.39. The molecule has 4 aromatic carbocycles. The van der Waals surface area contributed by atoms with Gasteiger partial charge in [0.05, 0.1) is 15.5 Å². The van der Waals surface area contributed by atoms with Crippen LogP contribution in [0.4, 0.5) is 5.69 Å². The number of hydrogen-bond acceptors (Lipinski definition) is 4. The molecule has 0 aliphatic heterocycles. The first-order valence-corrected chi connectivity index (χ1v) is 8.97. The van der Waals surface area contributed by atoms with E-state index in [0.717, 1.165) is 5.39 Å². The Morgan fingerprint density at radius 3 is 2.39 bits per heavy atom. The second kappa shape index (κ2) is 7.11. The van der Waals surface area contributed by atoms with Crippen molar-refractivity contribution in [3.63, 3.8) is 0 Å². The molecule has 0 saturated heterocycles. The summed E-state index contributed by atoms with van der Waals surface area (Å²) in [6.45, 7) is 0. The number of nitro groups is 1. The van der Waals surface area contributed by atoms with Crippen molar-refractivity contribution in [3.8, 4) is 5.75 Å². The molecule has 0 fully saturated rings. The van der Waals surface area contributed by atoms with E-state index in [9.17, 15) is 14.9 Å². The molecule has 0 heterocycles. The van der Waals surface area contributed by atoms with Crippen molar-refractivity contribution in [1.82, 2.24) is 0 Å². The number of esters is 1. The lowest BCUT2D eigenvalue weighted by atomic mass is 10.0. The summed E-state index contributed by atoms with van der Waals surface area (Å²) in [6.07, 6.45) is 0. The second-order valence-corrected chi connectivity index (χ2v) is 6.89. The number of fused-ring (bicyclic) bond motifs is 2. The van der Waals surface area contributed by atoms with Gasteiger partial charge in [-0.3, -0.25) is 10.1 Å². The van der Waals surface area contributed by atoms with Crippen molar-refractivity contribution in [2.75, 3.05) is 0 Å². The molecule has 0 spiro atoms. The predicted octanol–water partition coefficient (Wildman–Crippen LogP) is 6.43. The van der Waals surface area contributed by atoms with Gasteiger partial charge in [-0.15, -0.1) is 0 Å². The average molecular weight is 412 g/mol. The summed E-state index contributed by atoms with van der Waals surface area (Å²) in [7, 11) is 0. The Kier molecular flexibility index (Phi) is 4.63. The van der Waals surface area contributed by atoms with E-state index in [4.69, 9.17) is 27.9 Å². The third-order valence-corrected chi connectivity index (χ3v) is 5.00. The first-order valence-electron chi connectivity index (χ1n) is 8.22. The van der Waals surface area contributed by atoms with Gasteiger partial charge in [0, 0.05) is 33.3 Å². The molecule has 0 aliphatic rings. The minimum atomic E-state index is -0.725. The number of ether oxygens (including phenoxy) is 1. The molecular weight excluding hydrogens is 401 g/mol. The third kappa shape index (κ3) is 3.15. The molecule has 0 saturated carbocycles. The molecule has 28 heavy (non-hydrogen) atoms. The minimum absolute atomic E-state index is 0.0634. The minimum Gasteiger partial charge on any atom is -0.422 e. The van der Waals surface area contributed by atoms with Crippen LogP contribution in [0, 0.1) is 10.1 Å². The SMILES string of the molecule is O=C(Oc1c2cccc(Cl)c2cc2cccc(Cl)c12)c1cccc([N+](=O)[O-])c1. The summed E-state index contributed by atoms with van der Waals surface area (Å²) in [5.41, 5.74) is -0.133. The largest absolute Gasteiger partial charge is 0.422 e. The molecule has 4 rings (SSSR count). The van der Waals surface area contributed by atoms with Crippen molar-refractivity contribution < 1.29 is 14.5 Å². The van der Waals surface area contributed by atoms with Crippen molar-refractivity contribution in [3.05, 3.63) is 92.5 Å². The lowest BCUT2D eigenvalue weighted by Crippen LogP contribution is -2.09. The monoisotopic (exact) mass is 411 g/mol. The Balaban J connectivity index is 1.92. The van der Waals surface area contributed by atoms with E-state index in [1.54, 1.807) is 30.3 Å². The van der Waals surface area contributed by atoms with Crippen LogP contribution in [-0.2, 0) is 0 Å². The predicted molar refractivity (Wildman–Crippen MR) is 110 cm³/mol. The molecular formula is C21H11Cl2NO4. The Hall–Kier alpha value is -3.15. The van der Waals surface area contributed by atoms with Crippen LogP contribution in [0.25, 0.3) is 21.5 Å². The standard InChI is InChI=1S/C21H11Cl2NO4/c22-17-8-3-7-15-16(17)11-12-4-2-9-18(23)19(12)20(15)28-21(25)13-5-1-6-14(10-13)24(26)27/h1-11H. The molecule has 0 aliphatic carbocycles. The summed E-state index contributed by atoms with van der Waals surface area (Å²) >= 11 is 12.7. The zero-order chi connectivity index (χ0) is 19.8. The van der Waals surface area contributed by atoms with Crippen molar-refractivity contribution in [1.29, 1.82) is 0 Å². The molecule has 0 N–H and O–H groups in total. The van der Waals surface area contributed by atoms with Crippen LogP contribution in [0.15, 0.2) is 66.7 Å². The zero-order valence-electron chi connectivity index (χ0n) is 14.2. The summed E-state index contributed by atoms with van der Waals surface area (Å²) in [5.74, 6) is -0.463. The van der Waals surface area contributed by atoms with E-state index in [2.05, 4.69) is 0 Å². The Morgan fingerprint density at radius 2 is 1.61 bits per heavy atom. The van der Waals surface area contributed by atoms with Crippen molar-refractivity contribution >= 4 is 56.4 Å². The van der Waals surface area contributed by atoms with Gasteiger partial charge in [-0.2, -0.15) is 0 Å². The maximum absolute atomic E-state index is 12.8. The van der Waals surface area contributed by atoms with Crippen LogP contribution in [-0.4, -0.2) is 10.9 Å². The quantitative estimate of drug-likeness (QED) is 0.128. The number of nitro benzene ring substituents is 1. The molecule has 0 bridgehead atoms. The highest BCUT2D eigenvalue weighted by Crippen LogP contribution is 2.41. The van der Waals surface area contributed by atoms with Crippen molar-refractivity contribution in [2.24, 2.45) is 0 Å². The van der Waals surface area contributed by atoms with Crippen LogP contribution in [0.5, 0.6) is 5.75 Å². The lowest BCUT2D eigenvalue weighted by molar-refractivity contribution is -0.384. The maximum Gasteiger partial charge on any atom is 0.343 e. The van der Waals surface area contributed by atoms with Gasteiger partial charge in [-0.1, -0.05) is 53.5 Å². The average Bonchev–Trinajstić information content (AvgIpc) is 2.68. The van der Waals surface area contributed by atoms with Crippen LogP contribution < -0.4 is 4.74 Å². The molecule has 0 unspecified atom stereocenters.